The van der Waals surface area contributed by atoms with E-state index in [2.05, 4.69) is 15.4 Å². The summed E-state index contributed by atoms with van der Waals surface area (Å²) in [6, 6.07) is 15.6. The molecule has 0 unspecified atom stereocenters. The summed E-state index contributed by atoms with van der Waals surface area (Å²) in [6.07, 6.45) is 5.48. The summed E-state index contributed by atoms with van der Waals surface area (Å²) >= 11 is 0. The molecule has 0 saturated heterocycles. The number of hydrogen-bond donors (Lipinski definition) is 2. The molecule has 2 aromatic carbocycles. The van der Waals surface area contributed by atoms with Crippen molar-refractivity contribution < 1.29 is 14.3 Å². The Bertz CT molecular complexity index is 1160. The minimum Gasteiger partial charge on any atom is -0.486 e. The van der Waals surface area contributed by atoms with Crippen LogP contribution in [0.5, 0.6) is 11.5 Å². The molecule has 146 valence electrons. The summed E-state index contributed by atoms with van der Waals surface area (Å²) in [5, 5.41) is 8.30. The van der Waals surface area contributed by atoms with Gasteiger partial charge in [-0.05, 0) is 23.8 Å². The fourth-order valence-electron chi connectivity index (χ4n) is 3.55. The van der Waals surface area contributed by atoms with Crippen molar-refractivity contribution in [2.75, 3.05) is 11.9 Å². The van der Waals surface area contributed by atoms with Gasteiger partial charge >= 0.3 is 0 Å². The number of aromatic nitrogens is 3. The normalized spacial score (nSPS) is 15.4. The molecule has 0 saturated carbocycles. The SMILES string of the molecule is O=C(Cc1c[nH]c2ccccc12)Nc1cnn(C[C@@H]2COc3ccccc3O2)c1. The van der Waals surface area contributed by atoms with Crippen molar-refractivity contribution in [1.29, 1.82) is 0 Å². The van der Waals surface area contributed by atoms with Gasteiger partial charge in [0.2, 0.25) is 5.91 Å². The van der Waals surface area contributed by atoms with Crippen LogP contribution < -0.4 is 14.8 Å². The number of H-pyrrole nitrogens is 1. The lowest BCUT2D eigenvalue weighted by Gasteiger charge is -2.26. The lowest BCUT2D eigenvalue weighted by atomic mass is 10.1. The minimum atomic E-state index is -0.139. The van der Waals surface area contributed by atoms with Gasteiger partial charge in [0, 0.05) is 23.3 Å². The van der Waals surface area contributed by atoms with Crippen LogP contribution in [0.2, 0.25) is 0 Å². The second kappa shape index (κ2) is 7.35. The number of fused-ring (bicyclic) bond motifs is 2. The van der Waals surface area contributed by atoms with E-state index in [1.807, 2.05) is 54.7 Å². The first kappa shape index (κ1) is 17.4. The molecule has 7 nitrogen and oxygen atoms in total. The maximum Gasteiger partial charge on any atom is 0.228 e. The molecule has 0 aliphatic carbocycles. The van der Waals surface area contributed by atoms with Gasteiger partial charge in [-0.25, -0.2) is 0 Å². The van der Waals surface area contributed by atoms with Crippen LogP contribution >= 0.6 is 0 Å². The third kappa shape index (κ3) is 3.67. The zero-order valence-corrected chi connectivity index (χ0v) is 15.7. The number of anilines is 1. The van der Waals surface area contributed by atoms with Crippen LogP contribution in [0.25, 0.3) is 10.9 Å². The van der Waals surface area contributed by atoms with E-state index in [1.54, 1.807) is 17.1 Å². The molecule has 0 fully saturated rings. The van der Waals surface area contributed by atoms with E-state index in [0.717, 1.165) is 28.0 Å². The van der Waals surface area contributed by atoms with Gasteiger partial charge in [-0.2, -0.15) is 5.10 Å². The number of hydrogen-bond acceptors (Lipinski definition) is 4. The summed E-state index contributed by atoms with van der Waals surface area (Å²) in [7, 11) is 0. The molecule has 0 spiro atoms. The smallest absolute Gasteiger partial charge is 0.228 e. The van der Waals surface area contributed by atoms with Crippen LogP contribution in [0.1, 0.15) is 5.56 Å². The van der Waals surface area contributed by atoms with E-state index in [9.17, 15) is 4.79 Å². The predicted molar refractivity (Wildman–Crippen MR) is 109 cm³/mol. The zero-order valence-electron chi connectivity index (χ0n) is 15.7. The summed E-state index contributed by atoms with van der Waals surface area (Å²) in [6.45, 7) is 0.992. The van der Waals surface area contributed by atoms with Gasteiger partial charge in [-0.1, -0.05) is 30.3 Å². The maximum absolute atomic E-state index is 12.5. The van der Waals surface area contributed by atoms with E-state index < -0.39 is 0 Å². The van der Waals surface area contributed by atoms with Crippen molar-refractivity contribution in [2.45, 2.75) is 19.1 Å². The molecule has 5 rings (SSSR count). The molecule has 1 aliphatic heterocycles. The Morgan fingerprint density at radius 3 is 2.93 bits per heavy atom. The molecule has 0 radical (unpaired) electrons. The van der Waals surface area contributed by atoms with Gasteiger partial charge in [0.1, 0.15) is 6.61 Å². The Labute approximate surface area is 167 Å². The molecule has 4 aromatic rings. The van der Waals surface area contributed by atoms with Crippen molar-refractivity contribution in [3.63, 3.8) is 0 Å². The Balaban J connectivity index is 1.20. The number of para-hydroxylation sites is 3. The summed E-state index contributed by atoms with van der Waals surface area (Å²) in [5.74, 6) is 1.41. The average molecular weight is 388 g/mol. The lowest BCUT2D eigenvalue weighted by molar-refractivity contribution is -0.115. The van der Waals surface area contributed by atoms with Crippen LogP contribution in [-0.2, 0) is 17.8 Å². The maximum atomic E-state index is 12.5. The standard InChI is InChI=1S/C22H20N4O3/c27-22(9-15-10-23-19-6-2-1-5-18(15)19)25-16-11-24-26(12-16)13-17-14-28-20-7-3-4-8-21(20)29-17/h1-8,10-12,17,23H,9,13-14H2,(H,25,27)/t17-/m1/s1. The number of benzene rings is 2. The van der Waals surface area contributed by atoms with Gasteiger partial charge in [-0.3, -0.25) is 9.48 Å². The van der Waals surface area contributed by atoms with E-state index >= 15 is 0 Å². The number of amides is 1. The van der Waals surface area contributed by atoms with Crippen molar-refractivity contribution in [3.05, 3.63) is 72.7 Å². The third-order valence-electron chi connectivity index (χ3n) is 4.90. The third-order valence-corrected chi connectivity index (χ3v) is 4.90. The summed E-state index contributed by atoms with van der Waals surface area (Å²) < 4.78 is 13.4. The summed E-state index contributed by atoms with van der Waals surface area (Å²) in [4.78, 5) is 15.6. The van der Waals surface area contributed by atoms with Crippen LogP contribution in [0.15, 0.2) is 67.1 Å². The lowest BCUT2D eigenvalue weighted by Crippen LogP contribution is -2.33. The monoisotopic (exact) mass is 388 g/mol. The van der Waals surface area contributed by atoms with Crippen molar-refractivity contribution in [2.24, 2.45) is 0 Å². The van der Waals surface area contributed by atoms with E-state index in [1.165, 1.54) is 0 Å². The number of rotatable bonds is 5. The molecule has 0 bridgehead atoms. The first-order valence-electron chi connectivity index (χ1n) is 9.50. The van der Waals surface area contributed by atoms with Crippen LogP contribution in [0.3, 0.4) is 0 Å². The van der Waals surface area contributed by atoms with Crippen LogP contribution in [-0.4, -0.2) is 33.4 Å². The largest absolute Gasteiger partial charge is 0.486 e. The molecule has 2 aromatic heterocycles. The van der Waals surface area contributed by atoms with Crippen molar-refractivity contribution in [1.82, 2.24) is 14.8 Å². The first-order valence-corrected chi connectivity index (χ1v) is 9.50. The van der Waals surface area contributed by atoms with Gasteiger partial charge < -0.3 is 19.8 Å². The fourth-order valence-corrected chi connectivity index (χ4v) is 3.55. The van der Waals surface area contributed by atoms with Gasteiger partial charge in [0.15, 0.2) is 17.6 Å². The predicted octanol–water partition coefficient (Wildman–Crippen LogP) is 3.39. The van der Waals surface area contributed by atoms with Crippen molar-refractivity contribution in [3.8, 4) is 11.5 Å². The van der Waals surface area contributed by atoms with Crippen LogP contribution in [0.4, 0.5) is 5.69 Å². The zero-order chi connectivity index (χ0) is 19.6. The average Bonchev–Trinajstić information content (AvgIpc) is 3.35. The highest BCUT2D eigenvalue weighted by atomic mass is 16.6. The number of aromatic amines is 1. The molecule has 1 atom stereocenters. The Kier molecular flexibility index (Phi) is 4.40. The Hall–Kier alpha value is -3.74. The second-order valence-electron chi connectivity index (χ2n) is 7.03. The van der Waals surface area contributed by atoms with Gasteiger partial charge in [-0.15, -0.1) is 0 Å². The number of ether oxygens (including phenoxy) is 2. The number of carbonyl (C=O) groups is 1. The molecule has 3 heterocycles. The van der Waals surface area contributed by atoms with E-state index in [-0.39, 0.29) is 12.0 Å². The molecular formula is C22H20N4O3. The number of carbonyl (C=O) groups excluding carboxylic acids is 1. The van der Waals surface area contributed by atoms with Crippen LogP contribution in [0, 0.1) is 0 Å². The minimum absolute atomic E-state index is 0.0829. The topological polar surface area (TPSA) is 81.2 Å². The van der Waals surface area contributed by atoms with Crippen molar-refractivity contribution >= 4 is 22.5 Å². The molecule has 1 amide bonds. The molecule has 2 N–H and O–H groups in total. The highest BCUT2D eigenvalue weighted by molar-refractivity contribution is 5.95. The molecular weight excluding hydrogens is 368 g/mol. The van der Waals surface area contributed by atoms with E-state index in [0.29, 0.717) is 25.3 Å². The van der Waals surface area contributed by atoms with Gasteiger partial charge in [0.25, 0.3) is 0 Å². The quantitative estimate of drug-likeness (QED) is 0.549. The Morgan fingerprint density at radius 1 is 1.17 bits per heavy atom. The molecule has 1 aliphatic rings. The van der Waals surface area contributed by atoms with E-state index in [4.69, 9.17) is 9.47 Å². The number of nitrogens with zero attached hydrogens (tertiary/aromatic N) is 2. The Morgan fingerprint density at radius 2 is 2.00 bits per heavy atom. The summed E-state index contributed by atoms with van der Waals surface area (Å²) in [5.41, 5.74) is 2.66. The first-order chi connectivity index (χ1) is 14.2. The van der Waals surface area contributed by atoms with Gasteiger partial charge in [0.05, 0.1) is 24.8 Å². The second-order valence-corrected chi connectivity index (χ2v) is 7.03. The fraction of sp³-hybridized carbons (Fsp3) is 0.182. The molecule has 7 heteroatoms. The molecule has 29 heavy (non-hydrogen) atoms. The highest BCUT2D eigenvalue weighted by Crippen LogP contribution is 2.31. The highest BCUT2D eigenvalue weighted by Gasteiger charge is 2.21. The number of nitrogens with one attached hydrogen (secondary N) is 2.